The van der Waals surface area contributed by atoms with Crippen molar-refractivity contribution in [3.05, 3.63) is 40.4 Å². The Morgan fingerprint density at radius 2 is 2.10 bits per heavy atom. The maximum absolute atomic E-state index is 6.08. The summed E-state index contributed by atoms with van der Waals surface area (Å²) in [6, 6.07) is 7.04. The van der Waals surface area contributed by atoms with E-state index in [1.165, 1.54) is 57.2 Å². The Morgan fingerprint density at radius 1 is 1.24 bits per heavy atom. The molecular formula is C19H26ClN. The molecule has 2 fully saturated rings. The molecule has 1 aromatic carbocycles. The predicted octanol–water partition coefficient (Wildman–Crippen LogP) is 5.32. The molecule has 1 saturated carbocycles. The summed E-state index contributed by atoms with van der Waals surface area (Å²) in [6.07, 6.45) is 12.9. The first-order chi connectivity index (χ1) is 10.2. The zero-order valence-electron chi connectivity index (χ0n) is 13.0. The van der Waals surface area contributed by atoms with Crippen molar-refractivity contribution in [3.63, 3.8) is 0 Å². The van der Waals surface area contributed by atoms with Crippen molar-refractivity contribution in [1.82, 2.24) is 4.90 Å². The molecule has 0 spiro atoms. The van der Waals surface area contributed by atoms with Gasteiger partial charge in [0.05, 0.1) is 0 Å². The van der Waals surface area contributed by atoms with E-state index in [0.717, 1.165) is 22.5 Å². The van der Waals surface area contributed by atoms with Gasteiger partial charge in [-0.2, -0.15) is 0 Å². The Labute approximate surface area is 134 Å². The van der Waals surface area contributed by atoms with Crippen LogP contribution in [0.1, 0.15) is 49.7 Å². The number of benzene rings is 1. The van der Waals surface area contributed by atoms with Gasteiger partial charge in [0.2, 0.25) is 0 Å². The zero-order chi connectivity index (χ0) is 14.7. The Kier molecular flexibility index (Phi) is 5.03. The highest BCUT2D eigenvalue weighted by molar-refractivity contribution is 6.31. The normalized spacial score (nSPS) is 23.8. The quantitative estimate of drug-likeness (QED) is 0.712. The van der Waals surface area contributed by atoms with Crippen LogP contribution in [0.4, 0.5) is 0 Å². The van der Waals surface area contributed by atoms with Gasteiger partial charge in [0.15, 0.2) is 0 Å². The number of halogens is 1. The predicted molar refractivity (Wildman–Crippen MR) is 91.8 cm³/mol. The summed E-state index contributed by atoms with van der Waals surface area (Å²) in [5, 5.41) is 0.857. The third-order valence-electron chi connectivity index (χ3n) is 4.84. The highest BCUT2D eigenvalue weighted by Gasteiger charge is 2.28. The second-order valence-corrected chi connectivity index (χ2v) is 7.14. The second kappa shape index (κ2) is 6.98. The van der Waals surface area contributed by atoms with Crippen LogP contribution < -0.4 is 0 Å². The minimum absolute atomic E-state index is 0.768. The molecule has 3 rings (SSSR count). The molecule has 1 atom stereocenters. The van der Waals surface area contributed by atoms with Gasteiger partial charge in [0, 0.05) is 17.6 Å². The molecule has 21 heavy (non-hydrogen) atoms. The van der Waals surface area contributed by atoms with Crippen LogP contribution in [0.25, 0.3) is 6.08 Å². The average molecular weight is 304 g/mol. The molecule has 0 amide bonds. The van der Waals surface area contributed by atoms with Gasteiger partial charge in [0.25, 0.3) is 0 Å². The maximum atomic E-state index is 6.08. The summed E-state index contributed by atoms with van der Waals surface area (Å²) in [5.74, 6) is 1.01. The van der Waals surface area contributed by atoms with Crippen LogP contribution in [0.5, 0.6) is 0 Å². The van der Waals surface area contributed by atoms with E-state index >= 15 is 0 Å². The van der Waals surface area contributed by atoms with Gasteiger partial charge in [-0.15, -0.1) is 0 Å². The molecule has 0 N–H and O–H groups in total. The van der Waals surface area contributed by atoms with E-state index in [1.807, 2.05) is 6.07 Å². The first kappa shape index (κ1) is 15.1. The number of aryl methyl sites for hydroxylation is 1. The van der Waals surface area contributed by atoms with Gasteiger partial charge in [-0.3, -0.25) is 4.90 Å². The number of likely N-dealkylation sites (tertiary alicyclic amines) is 1. The first-order valence-corrected chi connectivity index (χ1v) is 8.77. The van der Waals surface area contributed by atoms with Crippen molar-refractivity contribution in [1.29, 1.82) is 0 Å². The van der Waals surface area contributed by atoms with Crippen molar-refractivity contribution in [2.45, 2.75) is 51.5 Å². The van der Waals surface area contributed by atoms with Gasteiger partial charge >= 0.3 is 0 Å². The molecule has 1 aliphatic carbocycles. The molecule has 2 heteroatoms. The topological polar surface area (TPSA) is 3.24 Å². The summed E-state index contributed by atoms with van der Waals surface area (Å²) < 4.78 is 0. The molecule has 1 unspecified atom stereocenters. The smallest absolute Gasteiger partial charge is 0.0435 e. The molecule has 0 aromatic heterocycles. The van der Waals surface area contributed by atoms with Crippen LogP contribution in [-0.2, 0) is 0 Å². The summed E-state index contributed by atoms with van der Waals surface area (Å²) >= 11 is 6.08. The van der Waals surface area contributed by atoms with Gasteiger partial charge in [-0.05, 0) is 68.7 Å². The lowest BCUT2D eigenvalue weighted by Crippen LogP contribution is -2.40. The van der Waals surface area contributed by atoms with Gasteiger partial charge < -0.3 is 0 Å². The average Bonchev–Trinajstić information content (AvgIpc) is 3.29. The van der Waals surface area contributed by atoms with Crippen LogP contribution in [0.2, 0.25) is 5.02 Å². The Balaban J connectivity index is 1.56. The van der Waals surface area contributed by atoms with E-state index in [9.17, 15) is 0 Å². The molecule has 1 heterocycles. The van der Waals surface area contributed by atoms with E-state index in [-0.39, 0.29) is 0 Å². The third kappa shape index (κ3) is 4.34. The van der Waals surface area contributed by atoms with Crippen LogP contribution >= 0.6 is 11.6 Å². The maximum Gasteiger partial charge on any atom is 0.0435 e. The van der Waals surface area contributed by atoms with Crippen LogP contribution in [0, 0.1) is 12.8 Å². The van der Waals surface area contributed by atoms with E-state index in [0.29, 0.717) is 0 Å². The number of nitrogens with zero attached hydrogens (tertiary/aromatic N) is 1. The molecular weight excluding hydrogens is 278 g/mol. The number of rotatable bonds is 5. The lowest BCUT2D eigenvalue weighted by atomic mass is 9.98. The van der Waals surface area contributed by atoms with E-state index in [2.05, 4.69) is 36.1 Å². The summed E-state index contributed by atoms with van der Waals surface area (Å²) in [5.41, 5.74) is 2.42. The summed E-state index contributed by atoms with van der Waals surface area (Å²) in [7, 11) is 0. The molecule has 114 valence electrons. The minimum Gasteiger partial charge on any atom is -0.300 e. The van der Waals surface area contributed by atoms with Gasteiger partial charge in [-0.25, -0.2) is 0 Å². The Bertz CT molecular complexity index is 504. The van der Waals surface area contributed by atoms with E-state index in [4.69, 9.17) is 11.6 Å². The van der Waals surface area contributed by atoms with Crippen LogP contribution in [0.3, 0.4) is 0 Å². The standard InChI is InChI=1S/C19H26ClN/c1-15-13-16(10-11-19(15)20)5-4-7-18-6-2-3-12-21(18)14-17-8-9-17/h4-5,10-11,13,17-18H,2-3,6-9,12,14H2,1H3/b5-4+. The highest BCUT2D eigenvalue weighted by Crippen LogP contribution is 2.32. The van der Waals surface area contributed by atoms with E-state index < -0.39 is 0 Å². The van der Waals surface area contributed by atoms with Gasteiger partial charge in [0.1, 0.15) is 0 Å². The number of hydrogen-bond acceptors (Lipinski definition) is 1. The molecule has 1 aromatic rings. The Morgan fingerprint density at radius 3 is 2.86 bits per heavy atom. The fourth-order valence-electron chi connectivity index (χ4n) is 3.33. The zero-order valence-corrected chi connectivity index (χ0v) is 13.8. The van der Waals surface area contributed by atoms with Crippen molar-refractivity contribution in [2.24, 2.45) is 5.92 Å². The summed E-state index contributed by atoms with van der Waals surface area (Å²) in [4.78, 5) is 2.75. The summed E-state index contributed by atoms with van der Waals surface area (Å²) in [6.45, 7) is 4.73. The molecule has 0 bridgehead atoms. The van der Waals surface area contributed by atoms with Crippen LogP contribution in [-0.4, -0.2) is 24.0 Å². The molecule has 0 radical (unpaired) electrons. The Hall–Kier alpha value is -0.790. The van der Waals surface area contributed by atoms with Crippen molar-refractivity contribution >= 4 is 17.7 Å². The van der Waals surface area contributed by atoms with Crippen molar-refractivity contribution in [3.8, 4) is 0 Å². The molecule has 1 nitrogen and oxygen atoms in total. The highest BCUT2D eigenvalue weighted by atomic mass is 35.5. The lowest BCUT2D eigenvalue weighted by molar-refractivity contribution is 0.143. The van der Waals surface area contributed by atoms with Crippen molar-refractivity contribution in [2.75, 3.05) is 13.1 Å². The fourth-order valence-corrected chi connectivity index (χ4v) is 3.45. The largest absolute Gasteiger partial charge is 0.300 e. The number of piperidine rings is 1. The molecule has 1 saturated heterocycles. The first-order valence-electron chi connectivity index (χ1n) is 8.39. The lowest BCUT2D eigenvalue weighted by Gasteiger charge is -2.35. The molecule has 1 aliphatic heterocycles. The van der Waals surface area contributed by atoms with Crippen LogP contribution in [0.15, 0.2) is 24.3 Å². The second-order valence-electron chi connectivity index (χ2n) is 6.73. The molecule has 2 aliphatic rings. The van der Waals surface area contributed by atoms with E-state index in [1.54, 1.807) is 0 Å². The van der Waals surface area contributed by atoms with Crippen molar-refractivity contribution < 1.29 is 0 Å². The monoisotopic (exact) mass is 303 g/mol. The number of hydrogen-bond donors (Lipinski definition) is 0. The third-order valence-corrected chi connectivity index (χ3v) is 5.26. The van der Waals surface area contributed by atoms with Gasteiger partial charge in [-0.1, -0.05) is 42.3 Å². The SMILES string of the molecule is Cc1cc(/C=C/CC2CCCCN2CC2CC2)ccc1Cl. The fraction of sp³-hybridized carbons (Fsp3) is 0.579. The minimum atomic E-state index is 0.768.